The SMILES string of the molecule is N#Cc1c(N)nc2c(c1N)C(c1ccccc1)C([N+](=O)[O-])=C1NCCN12. The Hall–Kier alpha value is -3.80. The third kappa shape index (κ3) is 2.05. The summed E-state index contributed by atoms with van der Waals surface area (Å²) in [6, 6.07) is 11.0. The van der Waals surface area contributed by atoms with E-state index in [2.05, 4.69) is 10.3 Å². The highest BCUT2D eigenvalue weighted by Crippen LogP contribution is 2.48. The van der Waals surface area contributed by atoms with E-state index in [1.54, 1.807) is 29.2 Å². The van der Waals surface area contributed by atoms with E-state index in [4.69, 9.17) is 11.5 Å². The molecule has 1 aromatic carbocycles. The van der Waals surface area contributed by atoms with Gasteiger partial charge >= 0.3 is 0 Å². The second-order valence-corrected chi connectivity index (χ2v) is 6.05. The van der Waals surface area contributed by atoms with Crippen molar-refractivity contribution in [1.82, 2.24) is 10.3 Å². The number of nitrogens with two attached hydrogens (primary N) is 2. The maximum Gasteiger partial charge on any atom is 0.298 e. The summed E-state index contributed by atoms with van der Waals surface area (Å²) in [5, 5.41) is 24.4. The van der Waals surface area contributed by atoms with E-state index in [-0.39, 0.29) is 22.8 Å². The van der Waals surface area contributed by atoms with Gasteiger partial charge in [0.15, 0.2) is 5.82 Å². The van der Waals surface area contributed by atoms with Crippen LogP contribution in [-0.2, 0) is 0 Å². The number of rotatable bonds is 2. The first kappa shape index (κ1) is 15.7. The molecule has 0 aliphatic carbocycles. The number of anilines is 3. The molecule has 3 heterocycles. The van der Waals surface area contributed by atoms with Crippen molar-refractivity contribution in [2.24, 2.45) is 0 Å². The highest BCUT2D eigenvalue weighted by Gasteiger charge is 2.45. The molecule has 0 bridgehead atoms. The van der Waals surface area contributed by atoms with Gasteiger partial charge in [0, 0.05) is 18.7 Å². The number of benzene rings is 1. The van der Waals surface area contributed by atoms with Gasteiger partial charge in [-0.3, -0.25) is 10.1 Å². The van der Waals surface area contributed by atoms with Gasteiger partial charge in [0.25, 0.3) is 5.70 Å². The van der Waals surface area contributed by atoms with Crippen molar-refractivity contribution < 1.29 is 4.92 Å². The fourth-order valence-corrected chi connectivity index (χ4v) is 3.60. The standard InChI is InChI=1S/C17H15N7O2/c18-8-10-13(19)12-11(9-4-2-1-3-5-9)14(24(25)26)17-21-6-7-23(17)16(12)22-15(10)20/h1-5,11,21H,6-7H2,(H4,19,20,22). The van der Waals surface area contributed by atoms with E-state index in [0.717, 1.165) is 0 Å². The molecular weight excluding hydrogens is 334 g/mol. The minimum absolute atomic E-state index is 0.0108. The predicted octanol–water partition coefficient (Wildman–Crippen LogP) is 1.12. The Kier molecular flexibility index (Phi) is 3.40. The Bertz CT molecular complexity index is 994. The van der Waals surface area contributed by atoms with Crippen molar-refractivity contribution in [3.05, 3.63) is 68.7 Å². The second-order valence-electron chi connectivity index (χ2n) is 6.05. The lowest BCUT2D eigenvalue weighted by Gasteiger charge is -2.31. The summed E-state index contributed by atoms with van der Waals surface area (Å²) in [5.41, 5.74) is 13.5. The number of fused-ring (bicyclic) bond motifs is 3. The zero-order valence-corrected chi connectivity index (χ0v) is 13.6. The molecule has 1 atom stereocenters. The van der Waals surface area contributed by atoms with Crippen LogP contribution in [0.4, 0.5) is 17.3 Å². The van der Waals surface area contributed by atoms with Gasteiger partial charge in [-0.05, 0) is 5.56 Å². The number of nitrogens with one attached hydrogen (secondary N) is 1. The first-order chi connectivity index (χ1) is 12.5. The molecular formula is C17H15N7O2. The summed E-state index contributed by atoms with van der Waals surface area (Å²) in [4.78, 5) is 17.6. The monoisotopic (exact) mass is 349 g/mol. The zero-order chi connectivity index (χ0) is 18.4. The second kappa shape index (κ2) is 5.63. The van der Waals surface area contributed by atoms with Gasteiger partial charge in [0.2, 0.25) is 0 Å². The molecule has 9 nitrogen and oxygen atoms in total. The molecule has 0 spiro atoms. The number of allylic oxidation sites excluding steroid dienone is 1. The average molecular weight is 349 g/mol. The largest absolute Gasteiger partial charge is 0.397 e. The van der Waals surface area contributed by atoms with E-state index >= 15 is 0 Å². The lowest BCUT2D eigenvalue weighted by Crippen LogP contribution is -2.34. The van der Waals surface area contributed by atoms with Crippen LogP contribution in [0.25, 0.3) is 0 Å². The van der Waals surface area contributed by atoms with E-state index < -0.39 is 10.8 Å². The van der Waals surface area contributed by atoms with Crippen LogP contribution in [0.5, 0.6) is 0 Å². The number of nitro groups is 1. The van der Waals surface area contributed by atoms with E-state index in [1.165, 1.54) is 0 Å². The molecule has 1 unspecified atom stereocenters. The van der Waals surface area contributed by atoms with Crippen molar-refractivity contribution in [3.63, 3.8) is 0 Å². The summed E-state index contributed by atoms with van der Waals surface area (Å²) in [6.07, 6.45) is 0. The molecule has 1 aromatic heterocycles. The molecule has 5 N–H and O–H groups in total. The van der Waals surface area contributed by atoms with Gasteiger partial charge in [-0.15, -0.1) is 0 Å². The molecule has 26 heavy (non-hydrogen) atoms. The summed E-state index contributed by atoms with van der Waals surface area (Å²) in [7, 11) is 0. The van der Waals surface area contributed by atoms with Crippen LogP contribution in [0.3, 0.4) is 0 Å². The van der Waals surface area contributed by atoms with Crippen LogP contribution in [0, 0.1) is 21.4 Å². The molecule has 2 aliphatic heterocycles. The van der Waals surface area contributed by atoms with Crippen molar-refractivity contribution >= 4 is 17.3 Å². The van der Waals surface area contributed by atoms with E-state index in [9.17, 15) is 15.4 Å². The molecule has 0 amide bonds. The molecule has 0 radical (unpaired) electrons. The Morgan fingerprint density at radius 3 is 2.73 bits per heavy atom. The number of nitrogen functional groups attached to an aromatic ring is 2. The maximum atomic E-state index is 12.0. The van der Waals surface area contributed by atoms with Crippen LogP contribution in [-0.4, -0.2) is 23.0 Å². The molecule has 9 heteroatoms. The third-order valence-electron chi connectivity index (χ3n) is 4.68. The minimum Gasteiger partial charge on any atom is -0.397 e. The summed E-state index contributed by atoms with van der Waals surface area (Å²) in [5.74, 6) is 0.121. The Morgan fingerprint density at radius 2 is 2.08 bits per heavy atom. The van der Waals surface area contributed by atoms with Crippen LogP contribution in [0.2, 0.25) is 0 Å². The Balaban J connectivity index is 2.10. The topological polar surface area (TPSA) is 147 Å². The van der Waals surface area contributed by atoms with Gasteiger partial charge in [0.05, 0.1) is 10.6 Å². The average Bonchev–Trinajstić information content (AvgIpc) is 3.11. The molecule has 2 aliphatic rings. The smallest absolute Gasteiger partial charge is 0.298 e. The highest BCUT2D eigenvalue weighted by atomic mass is 16.6. The number of hydrogen-bond donors (Lipinski definition) is 3. The van der Waals surface area contributed by atoms with Crippen LogP contribution < -0.4 is 21.7 Å². The lowest BCUT2D eigenvalue weighted by molar-refractivity contribution is -0.430. The summed E-state index contributed by atoms with van der Waals surface area (Å²) >= 11 is 0. The molecule has 1 saturated heterocycles. The van der Waals surface area contributed by atoms with Crippen LogP contribution in [0.15, 0.2) is 41.8 Å². The molecule has 2 aromatic rings. The van der Waals surface area contributed by atoms with Crippen LogP contribution in [0.1, 0.15) is 22.6 Å². The first-order valence-electron chi connectivity index (χ1n) is 7.98. The molecule has 0 saturated carbocycles. The van der Waals surface area contributed by atoms with Gasteiger partial charge in [0.1, 0.15) is 29.2 Å². The Labute approximate surface area is 148 Å². The number of hydrogen-bond acceptors (Lipinski definition) is 8. The van der Waals surface area contributed by atoms with Gasteiger partial charge < -0.3 is 21.7 Å². The lowest BCUT2D eigenvalue weighted by atomic mass is 9.84. The van der Waals surface area contributed by atoms with Crippen molar-refractivity contribution in [3.8, 4) is 6.07 Å². The first-order valence-corrected chi connectivity index (χ1v) is 7.98. The van der Waals surface area contributed by atoms with Crippen LogP contribution >= 0.6 is 0 Å². The number of nitrogens with zero attached hydrogens (tertiary/aromatic N) is 4. The number of nitriles is 1. The van der Waals surface area contributed by atoms with Gasteiger partial charge in [-0.2, -0.15) is 5.26 Å². The number of aromatic nitrogens is 1. The normalized spacial score (nSPS) is 18.0. The number of pyridine rings is 1. The predicted molar refractivity (Wildman–Crippen MR) is 95.4 cm³/mol. The van der Waals surface area contributed by atoms with E-state index in [1.807, 2.05) is 12.1 Å². The third-order valence-corrected chi connectivity index (χ3v) is 4.68. The fraction of sp³-hybridized carbons (Fsp3) is 0.176. The van der Waals surface area contributed by atoms with Crippen molar-refractivity contribution in [1.29, 1.82) is 5.26 Å². The maximum absolute atomic E-state index is 12.0. The summed E-state index contributed by atoms with van der Waals surface area (Å²) in [6.45, 7) is 1.04. The molecule has 4 rings (SSSR count). The summed E-state index contributed by atoms with van der Waals surface area (Å²) < 4.78 is 0. The molecule has 130 valence electrons. The van der Waals surface area contributed by atoms with E-state index in [0.29, 0.717) is 35.9 Å². The minimum atomic E-state index is -0.752. The van der Waals surface area contributed by atoms with Crippen molar-refractivity contribution in [2.45, 2.75) is 5.92 Å². The van der Waals surface area contributed by atoms with Gasteiger partial charge in [-0.25, -0.2) is 4.98 Å². The fourth-order valence-electron chi connectivity index (χ4n) is 3.60. The van der Waals surface area contributed by atoms with Crippen molar-refractivity contribution in [2.75, 3.05) is 29.5 Å². The Morgan fingerprint density at radius 1 is 1.35 bits per heavy atom. The highest BCUT2D eigenvalue weighted by molar-refractivity contribution is 5.80. The zero-order valence-electron chi connectivity index (χ0n) is 13.6. The van der Waals surface area contributed by atoms with Gasteiger partial charge in [-0.1, -0.05) is 30.3 Å². The quantitative estimate of drug-likeness (QED) is 0.539. The molecule has 1 fully saturated rings.